The summed E-state index contributed by atoms with van der Waals surface area (Å²) in [5, 5.41) is 2.65. The Bertz CT molecular complexity index is 697. The molecule has 0 radical (unpaired) electrons. The van der Waals surface area contributed by atoms with Gasteiger partial charge in [0.1, 0.15) is 17.0 Å². The van der Waals surface area contributed by atoms with Crippen LogP contribution in [0.25, 0.3) is 11.5 Å². The van der Waals surface area contributed by atoms with Crippen molar-refractivity contribution in [3.05, 3.63) is 30.0 Å². The van der Waals surface area contributed by atoms with Crippen molar-refractivity contribution < 1.29 is 18.7 Å². The van der Waals surface area contributed by atoms with Gasteiger partial charge in [0, 0.05) is 11.5 Å². The standard InChI is InChI=1S/C18H24N2O4/c1-11(2)14-16(20-17(21)24-18(3,4)5)23-15(19-14)12-7-9-13(22-6)10-8-12/h7-11H,1-6H3,(H,20,21). The van der Waals surface area contributed by atoms with Gasteiger partial charge in [0.25, 0.3) is 0 Å². The lowest BCUT2D eigenvalue weighted by molar-refractivity contribution is 0.0632. The summed E-state index contributed by atoms with van der Waals surface area (Å²) in [7, 11) is 1.61. The summed E-state index contributed by atoms with van der Waals surface area (Å²) in [5.74, 6) is 1.59. The number of aromatic nitrogens is 1. The van der Waals surface area contributed by atoms with Crippen LogP contribution in [0.5, 0.6) is 5.75 Å². The van der Waals surface area contributed by atoms with Crippen LogP contribution in [0.3, 0.4) is 0 Å². The third-order valence-electron chi connectivity index (χ3n) is 3.15. The monoisotopic (exact) mass is 332 g/mol. The van der Waals surface area contributed by atoms with Crippen molar-refractivity contribution in [1.82, 2.24) is 4.98 Å². The summed E-state index contributed by atoms with van der Waals surface area (Å²) in [6.07, 6.45) is -0.568. The summed E-state index contributed by atoms with van der Waals surface area (Å²) in [4.78, 5) is 16.5. The van der Waals surface area contributed by atoms with Gasteiger partial charge in [-0.15, -0.1) is 0 Å². The van der Waals surface area contributed by atoms with E-state index in [2.05, 4.69) is 10.3 Å². The van der Waals surface area contributed by atoms with Crippen LogP contribution >= 0.6 is 0 Å². The van der Waals surface area contributed by atoms with Gasteiger partial charge >= 0.3 is 6.09 Å². The number of carbonyl (C=O) groups excluding carboxylic acids is 1. The molecule has 6 heteroatoms. The second kappa shape index (κ2) is 6.95. The van der Waals surface area contributed by atoms with Crippen molar-refractivity contribution in [2.45, 2.75) is 46.1 Å². The van der Waals surface area contributed by atoms with Crippen LogP contribution in [-0.2, 0) is 4.74 Å². The van der Waals surface area contributed by atoms with Gasteiger partial charge < -0.3 is 13.9 Å². The topological polar surface area (TPSA) is 73.6 Å². The van der Waals surface area contributed by atoms with Crippen LogP contribution in [0.1, 0.15) is 46.2 Å². The van der Waals surface area contributed by atoms with Gasteiger partial charge in [-0.1, -0.05) is 13.8 Å². The summed E-state index contributed by atoms with van der Waals surface area (Å²) in [5.41, 5.74) is 0.891. The van der Waals surface area contributed by atoms with Crippen molar-refractivity contribution >= 4 is 12.0 Å². The third kappa shape index (κ3) is 4.50. The Morgan fingerprint density at radius 1 is 1.21 bits per heavy atom. The number of methoxy groups -OCH3 is 1. The Morgan fingerprint density at radius 3 is 2.33 bits per heavy atom. The number of rotatable bonds is 4. The highest BCUT2D eigenvalue weighted by Gasteiger charge is 2.22. The first-order chi connectivity index (χ1) is 11.2. The number of benzene rings is 1. The third-order valence-corrected chi connectivity index (χ3v) is 3.15. The zero-order valence-corrected chi connectivity index (χ0v) is 15.0. The number of anilines is 1. The highest BCUT2D eigenvalue weighted by atomic mass is 16.6. The normalized spacial score (nSPS) is 11.5. The van der Waals surface area contributed by atoms with Crippen LogP contribution in [-0.4, -0.2) is 23.8 Å². The van der Waals surface area contributed by atoms with Crippen LogP contribution in [0, 0.1) is 0 Å². The highest BCUT2D eigenvalue weighted by molar-refractivity contribution is 5.84. The molecule has 130 valence electrons. The van der Waals surface area contributed by atoms with Crippen molar-refractivity contribution in [1.29, 1.82) is 0 Å². The number of amides is 1. The minimum Gasteiger partial charge on any atom is -0.497 e. The van der Waals surface area contributed by atoms with Crippen LogP contribution in [0.15, 0.2) is 28.7 Å². The lowest BCUT2D eigenvalue weighted by Crippen LogP contribution is -2.27. The van der Waals surface area contributed by atoms with E-state index in [0.29, 0.717) is 17.5 Å². The lowest BCUT2D eigenvalue weighted by Gasteiger charge is -2.19. The summed E-state index contributed by atoms with van der Waals surface area (Å²) in [6, 6.07) is 7.36. The molecule has 2 rings (SSSR count). The first-order valence-electron chi connectivity index (χ1n) is 7.84. The van der Waals surface area contributed by atoms with Gasteiger partial charge in [0.15, 0.2) is 0 Å². The second-order valence-electron chi connectivity index (χ2n) is 6.74. The Hall–Kier alpha value is -2.50. The fourth-order valence-corrected chi connectivity index (χ4v) is 2.07. The summed E-state index contributed by atoms with van der Waals surface area (Å²) >= 11 is 0. The van der Waals surface area contributed by atoms with Crippen molar-refractivity contribution in [3.8, 4) is 17.2 Å². The van der Waals surface area contributed by atoms with Crippen molar-refractivity contribution in [2.24, 2.45) is 0 Å². The maximum absolute atomic E-state index is 12.0. The van der Waals surface area contributed by atoms with E-state index in [1.165, 1.54) is 0 Å². The van der Waals surface area contributed by atoms with Gasteiger partial charge in [0.2, 0.25) is 11.8 Å². The molecule has 0 aliphatic heterocycles. The van der Waals surface area contributed by atoms with Gasteiger partial charge in [-0.05, 0) is 45.0 Å². The van der Waals surface area contributed by atoms with Crippen molar-refractivity contribution in [3.63, 3.8) is 0 Å². The van der Waals surface area contributed by atoms with Gasteiger partial charge in [-0.3, -0.25) is 5.32 Å². The second-order valence-corrected chi connectivity index (χ2v) is 6.74. The number of nitrogens with one attached hydrogen (secondary N) is 1. The number of hydrogen-bond donors (Lipinski definition) is 1. The molecular weight excluding hydrogens is 308 g/mol. The van der Waals surface area contributed by atoms with Crippen molar-refractivity contribution in [2.75, 3.05) is 12.4 Å². The number of carbonyl (C=O) groups is 1. The first-order valence-corrected chi connectivity index (χ1v) is 7.84. The predicted molar refractivity (Wildman–Crippen MR) is 92.4 cm³/mol. The fourth-order valence-electron chi connectivity index (χ4n) is 2.07. The van der Waals surface area contributed by atoms with E-state index < -0.39 is 11.7 Å². The van der Waals surface area contributed by atoms with Crippen LogP contribution in [0.4, 0.5) is 10.7 Å². The fraction of sp³-hybridized carbons (Fsp3) is 0.444. The minimum absolute atomic E-state index is 0.0886. The predicted octanol–water partition coefficient (Wildman–Crippen LogP) is 4.82. The average Bonchev–Trinajstić information content (AvgIpc) is 2.89. The molecule has 0 atom stereocenters. The smallest absolute Gasteiger partial charge is 0.414 e. The lowest BCUT2D eigenvalue weighted by atomic mass is 10.1. The van der Waals surface area contributed by atoms with Crippen LogP contribution in [0.2, 0.25) is 0 Å². The molecule has 1 N–H and O–H groups in total. The Balaban J connectivity index is 2.27. The number of oxazole rings is 1. The molecule has 2 aromatic rings. The molecule has 0 spiro atoms. The Labute approximate surface area is 142 Å². The molecule has 1 aromatic heterocycles. The van der Waals surface area contributed by atoms with Gasteiger partial charge in [-0.25, -0.2) is 9.78 Å². The summed E-state index contributed by atoms with van der Waals surface area (Å²) < 4.78 is 16.2. The maximum Gasteiger partial charge on any atom is 0.414 e. The number of ether oxygens (including phenoxy) is 2. The van der Waals surface area contributed by atoms with Gasteiger partial charge in [-0.2, -0.15) is 0 Å². The molecule has 0 saturated heterocycles. The van der Waals surface area contributed by atoms with E-state index in [1.807, 2.05) is 38.1 Å². The van der Waals surface area contributed by atoms with E-state index in [9.17, 15) is 4.79 Å². The number of hydrogen-bond acceptors (Lipinski definition) is 5. The van der Waals surface area contributed by atoms with E-state index in [-0.39, 0.29) is 5.92 Å². The zero-order valence-electron chi connectivity index (χ0n) is 15.0. The SMILES string of the molecule is COc1ccc(-c2nc(C(C)C)c(NC(=O)OC(C)(C)C)o2)cc1. The first kappa shape index (κ1) is 17.8. The molecule has 0 unspecified atom stereocenters. The molecule has 1 aromatic carbocycles. The van der Waals surface area contributed by atoms with Crippen LogP contribution < -0.4 is 10.1 Å². The molecule has 0 aliphatic rings. The average molecular weight is 332 g/mol. The molecule has 1 heterocycles. The molecular formula is C18H24N2O4. The zero-order chi connectivity index (χ0) is 17.9. The Morgan fingerprint density at radius 2 is 1.83 bits per heavy atom. The Kier molecular flexibility index (Phi) is 5.17. The largest absolute Gasteiger partial charge is 0.497 e. The molecule has 6 nitrogen and oxygen atoms in total. The molecule has 0 bridgehead atoms. The quantitative estimate of drug-likeness (QED) is 0.869. The molecule has 24 heavy (non-hydrogen) atoms. The van der Waals surface area contributed by atoms with E-state index in [4.69, 9.17) is 13.9 Å². The van der Waals surface area contributed by atoms with E-state index >= 15 is 0 Å². The van der Waals surface area contributed by atoms with E-state index in [0.717, 1.165) is 11.3 Å². The maximum atomic E-state index is 12.0. The summed E-state index contributed by atoms with van der Waals surface area (Å²) in [6.45, 7) is 9.38. The molecule has 1 amide bonds. The number of nitrogens with zero attached hydrogens (tertiary/aromatic N) is 1. The molecule has 0 saturated carbocycles. The molecule has 0 fully saturated rings. The highest BCUT2D eigenvalue weighted by Crippen LogP contribution is 2.31. The molecule has 0 aliphatic carbocycles. The minimum atomic E-state index is -0.582. The van der Waals surface area contributed by atoms with Gasteiger partial charge in [0.05, 0.1) is 7.11 Å². The van der Waals surface area contributed by atoms with E-state index in [1.54, 1.807) is 27.9 Å².